The van der Waals surface area contributed by atoms with Crippen molar-refractivity contribution in [2.75, 3.05) is 0 Å². The molecule has 7 heteroatoms. The van der Waals surface area contributed by atoms with Gasteiger partial charge in [0.05, 0.1) is 27.4 Å². The third-order valence-electron chi connectivity index (χ3n) is 13.4. The largest absolute Gasteiger partial charge is 0.423 e. The van der Waals surface area contributed by atoms with Gasteiger partial charge in [-0.15, -0.1) is 9.15 Å². The molecule has 258 valence electrons. The van der Waals surface area contributed by atoms with E-state index in [-0.39, 0.29) is 0 Å². The summed E-state index contributed by atoms with van der Waals surface area (Å²) < 4.78 is 9.90. The second-order valence-electron chi connectivity index (χ2n) is 16.1. The van der Waals surface area contributed by atoms with Gasteiger partial charge in [-0.25, -0.2) is 4.57 Å². The molecular weight excluding hydrogens is 699 g/mol. The highest BCUT2D eigenvalue weighted by Gasteiger charge is 2.70. The van der Waals surface area contributed by atoms with E-state index in [2.05, 4.69) is 170 Å². The smallest absolute Gasteiger partial charge is 0.217 e. The Morgan fingerprint density at radius 2 is 0.842 bits per heavy atom. The van der Waals surface area contributed by atoms with Crippen LogP contribution in [0.4, 0.5) is 11.6 Å². The van der Waals surface area contributed by atoms with E-state index in [9.17, 15) is 0 Å². The summed E-state index contributed by atoms with van der Waals surface area (Å²) in [6.45, 7) is 0. The van der Waals surface area contributed by atoms with E-state index < -0.39 is 5.91 Å². The summed E-state index contributed by atoms with van der Waals surface area (Å²) in [5.41, 5.74) is 6.57. The molecular formula is C50H25N7+2. The number of fused-ring (bicyclic) bond motifs is 16. The van der Waals surface area contributed by atoms with E-state index in [0.29, 0.717) is 0 Å². The maximum absolute atomic E-state index is 5.76. The lowest BCUT2D eigenvalue weighted by Gasteiger charge is -2.40. The molecule has 0 radical (unpaired) electrons. The quantitative estimate of drug-likeness (QED) is 0.141. The van der Waals surface area contributed by atoms with Crippen molar-refractivity contribution in [3.05, 3.63) is 179 Å². The molecule has 16 rings (SSSR count). The summed E-state index contributed by atoms with van der Waals surface area (Å²) in [5.74, 6) is 3.57. The van der Waals surface area contributed by atoms with Crippen LogP contribution in [0.1, 0.15) is 22.3 Å². The van der Waals surface area contributed by atoms with Crippen molar-refractivity contribution in [2.24, 2.45) is 15.0 Å². The fourth-order valence-corrected chi connectivity index (χ4v) is 11.0. The van der Waals surface area contributed by atoms with Crippen molar-refractivity contribution >= 4 is 106 Å². The molecule has 6 aliphatic heterocycles. The van der Waals surface area contributed by atoms with Gasteiger partial charge in [-0.05, 0) is 96.6 Å². The van der Waals surface area contributed by atoms with E-state index in [0.717, 1.165) is 78.5 Å². The molecule has 2 aromatic heterocycles. The van der Waals surface area contributed by atoms with E-state index in [1.165, 1.54) is 54.0 Å². The summed E-state index contributed by atoms with van der Waals surface area (Å²) in [6, 6.07) is 53.4. The summed E-state index contributed by atoms with van der Waals surface area (Å²) in [5, 5.41) is 15.2. The van der Waals surface area contributed by atoms with Crippen LogP contribution in [0.2, 0.25) is 0 Å². The number of aliphatic imine (C=N–C) groups is 2. The monoisotopic (exact) mass is 723 g/mol. The molecule has 0 fully saturated rings. The number of rotatable bonds is 0. The summed E-state index contributed by atoms with van der Waals surface area (Å²) in [4.78, 5) is 17.3. The highest BCUT2D eigenvalue weighted by molar-refractivity contribution is 6.30. The molecule has 57 heavy (non-hydrogen) atoms. The molecule has 0 amide bonds. The minimum atomic E-state index is -1.00. The topological polar surface area (TPSA) is 53.0 Å². The number of benzene rings is 8. The molecule has 1 unspecified atom stereocenters. The lowest BCUT2D eigenvalue weighted by Crippen LogP contribution is -2.71. The molecule has 0 saturated heterocycles. The number of nitrogens with zero attached hydrogens (tertiary/aromatic N) is 7. The average molecular weight is 724 g/mol. The third kappa shape index (κ3) is 2.91. The number of aromatic nitrogens is 2. The summed E-state index contributed by atoms with van der Waals surface area (Å²) in [7, 11) is 0. The molecule has 1 spiro atoms. The van der Waals surface area contributed by atoms with Crippen molar-refractivity contribution in [2.45, 2.75) is 5.91 Å². The zero-order valence-electron chi connectivity index (χ0n) is 30.1. The van der Waals surface area contributed by atoms with Gasteiger partial charge in [0.1, 0.15) is 5.71 Å². The van der Waals surface area contributed by atoms with Gasteiger partial charge in [0.15, 0.2) is 0 Å². The fourth-order valence-electron chi connectivity index (χ4n) is 11.0. The predicted molar refractivity (Wildman–Crippen MR) is 227 cm³/mol. The van der Waals surface area contributed by atoms with Crippen molar-refractivity contribution in [1.29, 1.82) is 0 Å². The maximum Gasteiger partial charge on any atom is 0.423 e. The van der Waals surface area contributed by atoms with Gasteiger partial charge in [0, 0.05) is 27.8 Å². The Kier molecular flexibility index (Phi) is 4.31. The molecule has 10 aromatic rings. The van der Waals surface area contributed by atoms with Gasteiger partial charge < -0.3 is 0 Å². The fraction of sp³-hybridized carbons (Fsp3) is 0.0200. The highest BCUT2D eigenvalue weighted by Crippen LogP contribution is 2.53. The second-order valence-corrected chi connectivity index (χ2v) is 16.1. The van der Waals surface area contributed by atoms with Crippen LogP contribution in [0.15, 0.2) is 161 Å². The SMILES string of the molecule is C1=c2c3cc4ccccc4cc3c3n2C24n5c(c6cc7ccccc7cc6c5N=C5c6cc7ccccc7cc6C(=[N+]52)N=3)N=C2c3cc5ccccc5cc3C1=[N+]24. The van der Waals surface area contributed by atoms with Crippen LogP contribution < -0.4 is 10.8 Å². The van der Waals surface area contributed by atoms with Crippen LogP contribution >= 0.6 is 0 Å². The number of amidine groups is 3. The molecule has 6 aliphatic rings. The van der Waals surface area contributed by atoms with Crippen LogP contribution in [0.5, 0.6) is 0 Å². The summed E-state index contributed by atoms with van der Waals surface area (Å²) >= 11 is 0. The van der Waals surface area contributed by atoms with Crippen molar-refractivity contribution in [3.63, 3.8) is 0 Å². The third-order valence-corrected chi connectivity index (χ3v) is 13.4. The Morgan fingerprint density at radius 1 is 0.404 bits per heavy atom. The van der Waals surface area contributed by atoms with Crippen LogP contribution in [0.25, 0.3) is 70.7 Å². The van der Waals surface area contributed by atoms with Crippen LogP contribution in [-0.2, 0) is 5.91 Å². The molecule has 7 nitrogen and oxygen atoms in total. The van der Waals surface area contributed by atoms with Crippen LogP contribution in [-0.4, -0.2) is 41.5 Å². The standard InChI is InChI=1S/C50H25N7/c1-3-11-28-19-36-34(17-26(28)9-1)42-25-43-35-18-27-10-2-4-12-29(27)20-37(35)45-52-47-39-22-31-14-6-8-16-33(31)24-41(39)49-53-48-40-23-32-15-7-5-13-30(32)21-38(40)46-51-44(36)54(42)50(55(43)45,56(46)48)57(47)49/h1-25H/q+2. The zero-order chi connectivity index (χ0) is 36.5. The molecule has 0 saturated carbocycles. The van der Waals surface area contributed by atoms with Crippen molar-refractivity contribution in [1.82, 2.24) is 9.13 Å². The first kappa shape index (κ1) is 27.8. The van der Waals surface area contributed by atoms with Gasteiger partial charge in [0.25, 0.3) is 17.5 Å². The second kappa shape index (κ2) is 8.85. The first-order chi connectivity index (χ1) is 28.2. The number of hydrogen-bond donors (Lipinski definition) is 0. The Labute approximate surface area is 322 Å². The Morgan fingerprint density at radius 3 is 1.40 bits per heavy atom. The summed E-state index contributed by atoms with van der Waals surface area (Å²) in [6.07, 6.45) is 2.40. The van der Waals surface area contributed by atoms with Gasteiger partial charge in [-0.3, -0.25) is 0 Å². The molecule has 0 bridgehead atoms. The zero-order valence-corrected chi connectivity index (χ0v) is 30.1. The first-order valence-electron chi connectivity index (χ1n) is 19.5. The van der Waals surface area contributed by atoms with Gasteiger partial charge in [-0.1, -0.05) is 107 Å². The van der Waals surface area contributed by atoms with Crippen LogP contribution in [0, 0.1) is 0 Å². The lowest BCUT2D eigenvalue weighted by atomic mass is 9.99. The van der Waals surface area contributed by atoms with Crippen molar-refractivity contribution < 1.29 is 9.15 Å². The predicted octanol–water partition coefficient (Wildman–Crippen LogP) is 8.52. The molecule has 1 atom stereocenters. The molecule has 0 aliphatic carbocycles. The Balaban J connectivity index is 1.20. The number of hydrogen-bond acceptors (Lipinski definition) is 3. The normalized spacial score (nSPS) is 18.6. The van der Waals surface area contributed by atoms with E-state index in [1.54, 1.807) is 0 Å². The van der Waals surface area contributed by atoms with Crippen molar-refractivity contribution in [3.8, 4) is 0 Å². The van der Waals surface area contributed by atoms with Gasteiger partial charge in [0.2, 0.25) is 11.3 Å². The minimum absolute atomic E-state index is 0.907. The van der Waals surface area contributed by atoms with Crippen LogP contribution in [0.3, 0.4) is 0 Å². The van der Waals surface area contributed by atoms with Gasteiger partial charge >= 0.3 is 11.7 Å². The highest BCUT2D eigenvalue weighted by atomic mass is 15.7. The Hall–Kier alpha value is -7.77. The van der Waals surface area contributed by atoms with E-state index >= 15 is 0 Å². The lowest BCUT2D eigenvalue weighted by molar-refractivity contribution is -0.789. The maximum atomic E-state index is 5.76. The van der Waals surface area contributed by atoms with E-state index in [4.69, 9.17) is 15.0 Å². The van der Waals surface area contributed by atoms with E-state index in [1.807, 2.05) is 0 Å². The molecule has 8 aromatic carbocycles. The molecule has 0 N–H and O–H groups in total. The minimum Gasteiger partial charge on any atom is -0.217 e. The van der Waals surface area contributed by atoms with Gasteiger partial charge in [-0.2, -0.15) is 4.57 Å². The first-order valence-corrected chi connectivity index (χ1v) is 19.5. The average Bonchev–Trinajstić information content (AvgIpc) is 3.95. The molecule has 8 heterocycles. The Bertz CT molecular complexity index is 3780.